The number of rotatable bonds is 2. The molecule has 0 bridgehead atoms. The van der Waals surface area contributed by atoms with Crippen LogP contribution in [0.5, 0.6) is 0 Å². The van der Waals surface area contributed by atoms with Crippen molar-refractivity contribution in [2.24, 2.45) is 0 Å². The van der Waals surface area contributed by atoms with Gasteiger partial charge in [-0.25, -0.2) is 0 Å². The van der Waals surface area contributed by atoms with Crippen molar-refractivity contribution in [2.75, 3.05) is 0 Å². The molecule has 0 aliphatic rings. The second-order valence-corrected chi connectivity index (χ2v) is 2.53. The van der Waals surface area contributed by atoms with Crippen molar-refractivity contribution < 1.29 is 0 Å². The first-order valence-corrected chi connectivity index (χ1v) is 5.30. The Kier molecular flexibility index (Phi) is 69.5. The molecule has 0 atom stereocenters. The van der Waals surface area contributed by atoms with E-state index in [9.17, 15) is 0 Å². The van der Waals surface area contributed by atoms with Crippen LogP contribution in [0.2, 0.25) is 0 Å². The quantitative estimate of drug-likeness (QED) is 0.657. The van der Waals surface area contributed by atoms with Crippen molar-refractivity contribution in [1.29, 1.82) is 0 Å². The summed E-state index contributed by atoms with van der Waals surface area (Å²) < 4.78 is 0. The van der Waals surface area contributed by atoms with Gasteiger partial charge in [0, 0.05) is 0 Å². The zero-order valence-electron chi connectivity index (χ0n) is 10.5. The predicted molar refractivity (Wildman–Crippen MR) is 83.8 cm³/mol. The fourth-order valence-corrected chi connectivity index (χ4v) is 0.329. The molecule has 0 aromatic heterocycles. The Balaban J connectivity index is -0.0000000705. The zero-order valence-corrected chi connectivity index (χ0v) is 11.3. The maximum Gasteiger partial charge on any atom is -0.00168 e. The minimum Gasteiger partial charge on any atom is -0.124 e. The Morgan fingerprint density at radius 1 is 0.941 bits per heavy atom. The van der Waals surface area contributed by atoms with Gasteiger partial charge in [0.2, 0.25) is 0 Å². The van der Waals surface area contributed by atoms with E-state index in [1.807, 2.05) is 0 Å². The van der Waals surface area contributed by atoms with Crippen molar-refractivity contribution >= 4 is 11.8 Å². The third kappa shape index (κ3) is 133. The Hall–Kier alpha value is -2.19. The lowest BCUT2D eigenvalue weighted by molar-refractivity contribution is 1.90. The topological polar surface area (TPSA) is 0 Å². The van der Waals surface area contributed by atoms with Crippen LogP contribution in [0.3, 0.4) is 0 Å². The van der Waals surface area contributed by atoms with E-state index in [1.165, 1.54) is 17.8 Å². The highest BCUT2D eigenvalue weighted by Gasteiger charge is 1.52. The molecule has 0 saturated heterocycles. The molecule has 0 heterocycles. The summed E-state index contributed by atoms with van der Waals surface area (Å²) in [6.45, 7) is 13.7. The van der Waals surface area contributed by atoms with Crippen LogP contribution in [0.4, 0.5) is 0 Å². The Labute approximate surface area is 111 Å². The molecule has 0 saturated carbocycles. The van der Waals surface area contributed by atoms with Crippen LogP contribution >= 0.6 is 11.8 Å². The first kappa shape index (κ1) is 24.2. The maximum absolute atomic E-state index is 4.66. The number of hydrogen-bond acceptors (Lipinski definition) is 1. The lowest BCUT2D eigenvalue weighted by atomic mass is 10.6. The molecule has 17 heavy (non-hydrogen) atoms. The summed E-state index contributed by atoms with van der Waals surface area (Å²) in [6.07, 6.45) is 14.1. The zero-order chi connectivity index (χ0) is 14.4. The van der Waals surface area contributed by atoms with E-state index >= 15 is 0 Å². The van der Waals surface area contributed by atoms with Crippen molar-refractivity contribution in [3.05, 3.63) is 36.6 Å². The van der Waals surface area contributed by atoms with Gasteiger partial charge in [-0.15, -0.1) is 31.0 Å². The van der Waals surface area contributed by atoms with E-state index in [4.69, 9.17) is 0 Å². The average molecular weight is 242 g/mol. The molecule has 0 unspecified atom stereocenters. The van der Waals surface area contributed by atoms with Crippen molar-refractivity contribution in [1.82, 2.24) is 0 Å². The number of thioether (sulfide) groups is 1. The molecule has 0 fully saturated rings. The molecule has 1 heteroatoms. The molecule has 0 nitrogen and oxygen atoms in total. The van der Waals surface area contributed by atoms with E-state index in [0.29, 0.717) is 0 Å². The molecule has 0 amide bonds. The third-order valence-corrected chi connectivity index (χ3v) is 1.01. The third-order valence-electron chi connectivity index (χ3n) is 0.623. The lowest BCUT2D eigenvalue weighted by Crippen LogP contribution is -1.42. The maximum atomic E-state index is 4.66. The summed E-state index contributed by atoms with van der Waals surface area (Å²) in [5, 5.41) is 3.46. The van der Waals surface area contributed by atoms with Crippen LogP contribution in [0.25, 0.3) is 0 Å². The van der Waals surface area contributed by atoms with Gasteiger partial charge >= 0.3 is 0 Å². The molecular formula is C16H18S. The summed E-state index contributed by atoms with van der Waals surface area (Å²) in [6, 6.07) is 0. The van der Waals surface area contributed by atoms with Crippen molar-refractivity contribution in [2.45, 2.75) is 13.8 Å². The van der Waals surface area contributed by atoms with Gasteiger partial charge in [-0.2, -0.15) is 0 Å². The molecule has 88 valence electrons. The monoisotopic (exact) mass is 242 g/mol. The minimum absolute atomic E-state index is 1.40. The van der Waals surface area contributed by atoms with Crippen molar-refractivity contribution in [3.63, 3.8) is 0 Å². The normalized spacial score (nSPS) is 4.18. The summed E-state index contributed by atoms with van der Waals surface area (Å²) in [4.78, 5) is 0. The van der Waals surface area contributed by atoms with Gasteiger partial charge in [0.15, 0.2) is 0 Å². The summed E-state index contributed by atoms with van der Waals surface area (Å²) in [5.74, 6) is 12.7. The highest BCUT2D eigenvalue weighted by molar-refractivity contribution is 8.04. The fraction of sp³-hybridized carbons (Fsp3) is 0.125. The first-order valence-electron chi connectivity index (χ1n) is 4.36. The van der Waals surface area contributed by atoms with Crippen LogP contribution in [-0.4, -0.2) is 0 Å². The highest BCUT2D eigenvalue weighted by atomic mass is 32.2. The second kappa shape index (κ2) is 48.9. The van der Waals surface area contributed by atoms with Crippen LogP contribution < -0.4 is 0 Å². The number of hydrogen-bond donors (Lipinski definition) is 0. The molecule has 0 aromatic rings. The van der Waals surface area contributed by atoms with Gasteiger partial charge < -0.3 is 0 Å². The highest BCUT2D eigenvalue weighted by Crippen LogP contribution is 1.96. The molecule has 0 aliphatic carbocycles. The molecular weight excluding hydrogens is 224 g/mol. The summed E-state index contributed by atoms with van der Waals surface area (Å²) >= 11 is 1.49. The molecule has 0 aliphatic heterocycles. The Morgan fingerprint density at radius 3 is 1.29 bits per heavy atom. The molecule has 0 aromatic carbocycles. The van der Waals surface area contributed by atoms with Crippen LogP contribution in [0.1, 0.15) is 13.8 Å². The Bertz CT molecular complexity index is 318. The SMILES string of the molecule is C#C.C#CC=C.C=CSC=C.CC#CC#CC. The summed E-state index contributed by atoms with van der Waals surface area (Å²) in [5.41, 5.74) is 0. The van der Waals surface area contributed by atoms with Gasteiger partial charge in [-0.3, -0.25) is 0 Å². The molecule has 0 rings (SSSR count). The van der Waals surface area contributed by atoms with E-state index in [0.717, 1.165) is 0 Å². The largest absolute Gasteiger partial charge is 0.124 e. The first-order chi connectivity index (χ1) is 8.24. The van der Waals surface area contributed by atoms with Crippen LogP contribution in [0.15, 0.2) is 36.6 Å². The van der Waals surface area contributed by atoms with E-state index < -0.39 is 0 Å². The average Bonchev–Trinajstić information content (AvgIpc) is 2.40. The van der Waals surface area contributed by atoms with Crippen LogP contribution in [-0.2, 0) is 0 Å². The standard InChI is InChI=1S/C6H6.C4H6S.C4H4.C2H2/c1-3-5-6-4-2;1-3-5-4-2;1-3-4-2;1-2/h1-2H3;3-4H,1-2H2;1,4H,2H2;1-2H. The molecule has 0 radical (unpaired) electrons. The van der Waals surface area contributed by atoms with Gasteiger partial charge in [0.1, 0.15) is 0 Å². The van der Waals surface area contributed by atoms with E-state index in [1.54, 1.807) is 24.7 Å². The second-order valence-electron chi connectivity index (χ2n) is 1.59. The lowest BCUT2D eigenvalue weighted by Gasteiger charge is -1.65. The van der Waals surface area contributed by atoms with Crippen molar-refractivity contribution in [3.8, 4) is 48.9 Å². The fourth-order valence-electron chi connectivity index (χ4n) is 0.193. The number of terminal acetylenes is 2. The van der Waals surface area contributed by atoms with E-state index in [2.05, 4.69) is 68.6 Å². The smallest absolute Gasteiger partial charge is 0.00168 e. The summed E-state index contributed by atoms with van der Waals surface area (Å²) in [7, 11) is 0. The molecule has 0 N–H and O–H groups in total. The van der Waals surface area contributed by atoms with E-state index in [-0.39, 0.29) is 0 Å². The Morgan fingerprint density at radius 2 is 1.24 bits per heavy atom. The van der Waals surface area contributed by atoms with Crippen LogP contribution in [0, 0.1) is 48.9 Å². The van der Waals surface area contributed by atoms with Gasteiger partial charge in [0.05, 0.1) is 0 Å². The van der Waals surface area contributed by atoms with Gasteiger partial charge in [-0.05, 0) is 42.6 Å². The minimum atomic E-state index is 1.40. The predicted octanol–water partition coefficient (Wildman–Crippen LogP) is 4.09. The molecule has 0 spiro atoms. The number of allylic oxidation sites excluding steroid dienone is 1. The van der Waals surface area contributed by atoms with Gasteiger partial charge in [0.25, 0.3) is 0 Å². The van der Waals surface area contributed by atoms with Gasteiger partial charge in [-0.1, -0.05) is 37.5 Å².